The second-order valence-electron chi connectivity index (χ2n) is 4.28. The number of rotatable bonds is 2. The number of nitrogens with one attached hydrogen (secondary N) is 2. The summed E-state index contributed by atoms with van der Waals surface area (Å²) in [4.78, 5) is 4.44. The van der Waals surface area contributed by atoms with E-state index in [0.717, 1.165) is 25.5 Å². The molecule has 2 aliphatic rings. The van der Waals surface area contributed by atoms with E-state index in [0.29, 0.717) is 6.04 Å². The van der Waals surface area contributed by atoms with Crippen molar-refractivity contribution in [2.45, 2.75) is 37.8 Å². The van der Waals surface area contributed by atoms with Crippen LogP contribution in [0.4, 0.5) is 0 Å². The maximum Gasteiger partial charge on any atom is 0.191 e. The zero-order valence-electron chi connectivity index (χ0n) is 8.97. The highest BCUT2D eigenvalue weighted by Crippen LogP contribution is 2.38. The van der Waals surface area contributed by atoms with E-state index in [4.69, 9.17) is 4.74 Å². The normalized spacial score (nSPS) is 36.7. The number of ether oxygens (including phenoxy) is 1. The lowest BCUT2D eigenvalue weighted by atomic mass is 10.3. The standard InChI is InChI=1S/C10H19N3O/c1-10(14-2)7-8(10)13-9-11-5-3-4-6-12-9/h8H,3-7H2,1-2H3,(H2,11,12,13). The molecular weight excluding hydrogens is 178 g/mol. The van der Waals surface area contributed by atoms with Crippen LogP contribution in [0, 0.1) is 0 Å². The molecule has 2 unspecified atom stereocenters. The third kappa shape index (κ3) is 2.00. The van der Waals surface area contributed by atoms with Crippen LogP contribution < -0.4 is 10.6 Å². The highest BCUT2D eigenvalue weighted by atomic mass is 16.5. The summed E-state index contributed by atoms with van der Waals surface area (Å²) in [7, 11) is 1.77. The maximum absolute atomic E-state index is 5.39. The highest BCUT2D eigenvalue weighted by molar-refractivity contribution is 5.80. The van der Waals surface area contributed by atoms with Crippen LogP contribution in [0.5, 0.6) is 0 Å². The summed E-state index contributed by atoms with van der Waals surface area (Å²) >= 11 is 0. The third-order valence-electron chi connectivity index (χ3n) is 3.11. The molecular formula is C10H19N3O. The molecule has 80 valence electrons. The van der Waals surface area contributed by atoms with Gasteiger partial charge in [-0.25, -0.2) is 0 Å². The van der Waals surface area contributed by atoms with Crippen molar-refractivity contribution in [1.82, 2.24) is 10.6 Å². The molecule has 0 radical (unpaired) electrons. The fourth-order valence-electron chi connectivity index (χ4n) is 1.73. The quantitative estimate of drug-likeness (QED) is 0.677. The average molecular weight is 197 g/mol. The monoisotopic (exact) mass is 197 g/mol. The van der Waals surface area contributed by atoms with Crippen LogP contribution in [-0.2, 0) is 4.74 Å². The lowest BCUT2D eigenvalue weighted by molar-refractivity contribution is 0.0895. The van der Waals surface area contributed by atoms with E-state index in [9.17, 15) is 0 Å². The Kier molecular flexibility index (Phi) is 2.63. The van der Waals surface area contributed by atoms with Crippen LogP contribution in [0.15, 0.2) is 4.99 Å². The van der Waals surface area contributed by atoms with E-state index in [1.807, 2.05) is 0 Å². The molecule has 2 atom stereocenters. The molecule has 0 amide bonds. The van der Waals surface area contributed by atoms with Crippen LogP contribution in [0.2, 0.25) is 0 Å². The summed E-state index contributed by atoms with van der Waals surface area (Å²) in [6.45, 7) is 4.09. The van der Waals surface area contributed by atoms with Crippen LogP contribution in [-0.4, -0.2) is 37.8 Å². The Morgan fingerprint density at radius 3 is 3.14 bits per heavy atom. The van der Waals surface area contributed by atoms with Gasteiger partial charge in [0.25, 0.3) is 0 Å². The minimum Gasteiger partial charge on any atom is -0.376 e. The number of methoxy groups -OCH3 is 1. The minimum absolute atomic E-state index is 0.0243. The maximum atomic E-state index is 5.39. The van der Waals surface area contributed by atoms with Gasteiger partial charge in [-0.1, -0.05) is 0 Å². The van der Waals surface area contributed by atoms with Crippen molar-refractivity contribution in [2.75, 3.05) is 20.2 Å². The van der Waals surface area contributed by atoms with Crippen LogP contribution in [0.1, 0.15) is 26.2 Å². The van der Waals surface area contributed by atoms with Gasteiger partial charge in [-0.3, -0.25) is 4.99 Å². The molecule has 0 aromatic heterocycles. The molecule has 2 N–H and O–H groups in total. The minimum atomic E-state index is 0.0243. The highest BCUT2D eigenvalue weighted by Gasteiger charge is 2.51. The molecule has 0 saturated heterocycles. The largest absolute Gasteiger partial charge is 0.376 e. The number of hydrogen-bond acceptors (Lipinski definition) is 4. The number of hydrogen-bond donors (Lipinski definition) is 2. The van der Waals surface area contributed by atoms with Gasteiger partial charge in [0.1, 0.15) is 0 Å². The van der Waals surface area contributed by atoms with E-state index in [-0.39, 0.29) is 5.60 Å². The molecule has 0 spiro atoms. The van der Waals surface area contributed by atoms with Crippen molar-refractivity contribution in [3.05, 3.63) is 0 Å². The van der Waals surface area contributed by atoms with Gasteiger partial charge in [0.15, 0.2) is 5.96 Å². The zero-order valence-corrected chi connectivity index (χ0v) is 8.97. The molecule has 2 rings (SSSR count). The molecule has 1 heterocycles. The van der Waals surface area contributed by atoms with Gasteiger partial charge < -0.3 is 15.4 Å². The molecule has 1 fully saturated rings. The van der Waals surface area contributed by atoms with Gasteiger partial charge in [-0.15, -0.1) is 0 Å². The number of nitrogens with zero attached hydrogens (tertiary/aromatic N) is 1. The lowest BCUT2D eigenvalue weighted by Crippen LogP contribution is -2.41. The summed E-state index contributed by atoms with van der Waals surface area (Å²) in [5.74, 6) is 0.952. The van der Waals surface area contributed by atoms with E-state index < -0.39 is 0 Å². The molecule has 4 heteroatoms. The fourth-order valence-corrected chi connectivity index (χ4v) is 1.73. The summed E-state index contributed by atoms with van der Waals surface area (Å²) in [5.41, 5.74) is 0.0243. The SMILES string of the molecule is COC1(C)CC1NC1=NCCCCN1. The van der Waals surface area contributed by atoms with Gasteiger partial charge in [0.05, 0.1) is 11.6 Å². The first-order chi connectivity index (χ1) is 6.74. The molecule has 1 aliphatic carbocycles. The summed E-state index contributed by atoms with van der Waals surface area (Å²) in [6.07, 6.45) is 3.47. The van der Waals surface area contributed by atoms with Crippen molar-refractivity contribution in [3.63, 3.8) is 0 Å². The predicted octanol–water partition coefficient (Wildman–Crippen LogP) is 0.493. The summed E-state index contributed by atoms with van der Waals surface area (Å²) in [5, 5.41) is 6.69. The fraction of sp³-hybridized carbons (Fsp3) is 0.900. The van der Waals surface area contributed by atoms with E-state index in [1.165, 1.54) is 12.8 Å². The van der Waals surface area contributed by atoms with Gasteiger partial charge in [-0.2, -0.15) is 0 Å². The van der Waals surface area contributed by atoms with E-state index in [1.54, 1.807) is 7.11 Å². The first-order valence-electron chi connectivity index (χ1n) is 5.34. The van der Waals surface area contributed by atoms with Crippen LogP contribution in [0.25, 0.3) is 0 Å². The first-order valence-corrected chi connectivity index (χ1v) is 5.34. The summed E-state index contributed by atoms with van der Waals surface area (Å²) < 4.78 is 5.39. The number of guanidine groups is 1. The van der Waals surface area contributed by atoms with Gasteiger partial charge >= 0.3 is 0 Å². The molecule has 0 aromatic carbocycles. The lowest BCUT2D eigenvalue weighted by Gasteiger charge is -2.13. The van der Waals surface area contributed by atoms with Crippen molar-refractivity contribution in [2.24, 2.45) is 4.99 Å². The Hall–Kier alpha value is -0.770. The summed E-state index contributed by atoms with van der Waals surface area (Å²) in [6, 6.07) is 0.428. The van der Waals surface area contributed by atoms with Gasteiger partial charge in [0.2, 0.25) is 0 Å². The molecule has 1 saturated carbocycles. The van der Waals surface area contributed by atoms with E-state index in [2.05, 4.69) is 22.5 Å². The van der Waals surface area contributed by atoms with Crippen LogP contribution >= 0.6 is 0 Å². The second kappa shape index (κ2) is 3.77. The Bertz CT molecular complexity index is 242. The molecule has 14 heavy (non-hydrogen) atoms. The molecule has 0 aromatic rings. The topological polar surface area (TPSA) is 45.6 Å². The van der Waals surface area contributed by atoms with Gasteiger partial charge in [0, 0.05) is 26.6 Å². The average Bonchev–Trinajstić information content (AvgIpc) is 2.89. The second-order valence-corrected chi connectivity index (χ2v) is 4.28. The predicted molar refractivity (Wildman–Crippen MR) is 56.5 cm³/mol. The first kappa shape index (κ1) is 9.77. The smallest absolute Gasteiger partial charge is 0.191 e. The molecule has 0 bridgehead atoms. The third-order valence-corrected chi connectivity index (χ3v) is 3.11. The molecule has 1 aliphatic heterocycles. The van der Waals surface area contributed by atoms with Crippen LogP contribution in [0.3, 0.4) is 0 Å². The Labute approximate surface area is 85.1 Å². The Morgan fingerprint density at radius 2 is 2.43 bits per heavy atom. The van der Waals surface area contributed by atoms with Crippen molar-refractivity contribution in [3.8, 4) is 0 Å². The Morgan fingerprint density at radius 1 is 1.57 bits per heavy atom. The van der Waals surface area contributed by atoms with Crippen molar-refractivity contribution >= 4 is 5.96 Å². The van der Waals surface area contributed by atoms with Crippen molar-refractivity contribution in [1.29, 1.82) is 0 Å². The number of aliphatic imine (C=N–C) groups is 1. The van der Waals surface area contributed by atoms with Crippen molar-refractivity contribution < 1.29 is 4.74 Å². The Balaban J connectivity index is 1.83. The molecule has 4 nitrogen and oxygen atoms in total. The van der Waals surface area contributed by atoms with Gasteiger partial charge in [-0.05, 0) is 19.8 Å². The zero-order chi connectivity index (χ0) is 10.0. The van der Waals surface area contributed by atoms with E-state index >= 15 is 0 Å².